The van der Waals surface area contributed by atoms with Crippen molar-refractivity contribution in [2.24, 2.45) is 0 Å². The van der Waals surface area contributed by atoms with Crippen molar-refractivity contribution in [2.75, 3.05) is 0 Å². The molecule has 0 saturated heterocycles. The summed E-state index contributed by atoms with van der Waals surface area (Å²) in [7, 11) is 1.31. The van der Waals surface area contributed by atoms with Crippen molar-refractivity contribution < 1.29 is 4.39 Å². The van der Waals surface area contributed by atoms with E-state index in [4.69, 9.17) is 5.26 Å². The summed E-state index contributed by atoms with van der Waals surface area (Å²) in [5.74, 6) is 2.89. The molecule has 0 atom stereocenters. The number of aromatic nitrogens is 2. The van der Waals surface area contributed by atoms with Gasteiger partial charge in [0.25, 0.3) is 0 Å². The van der Waals surface area contributed by atoms with Gasteiger partial charge in [-0.05, 0) is 44.4 Å². The molecule has 0 saturated carbocycles. The lowest BCUT2D eigenvalue weighted by Crippen LogP contribution is -1.96. The molecule has 6 heteroatoms. The molecule has 0 unspecified atom stereocenters. The van der Waals surface area contributed by atoms with Crippen molar-refractivity contribution in [3.63, 3.8) is 0 Å². The van der Waals surface area contributed by atoms with Gasteiger partial charge in [-0.15, -0.1) is 0 Å². The van der Waals surface area contributed by atoms with E-state index in [1.807, 2.05) is 27.3 Å². The lowest BCUT2D eigenvalue weighted by atomic mass is 10.2. The highest BCUT2D eigenvalue weighted by Crippen LogP contribution is 2.17. The number of hydrogen-bond acceptors (Lipinski definition) is 4. The van der Waals surface area contributed by atoms with Crippen molar-refractivity contribution >= 4 is 30.1 Å². The molecule has 0 bridgehead atoms. The van der Waals surface area contributed by atoms with Crippen molar-refractivity contribution in [3.05, 3.63) is 47.5 Å². The van der Waals surface area contributed by atoms with E-state index in [1.54, 1.807) is 12.1 Å². The minimum Gasteiger partial charge on any atom is -0.235 e. The van der Waals surface area contributed by atoms with E-state index in [-0.39, 0.29) is 5.82 Å². The summed E-state index contributed by atoms with van der Waals surface area (Å²) in [6, 6.07) is 7.83. The van der Waals surface area contributed by atoms with Crippen molar-refractivity contribution in [1.82, 2.24) is 9.97 Å². The highest BCUT2D eigenvalue weighted by Gasteiger charge is 2.07. The zero-order valence-corrected chi connectivity index (χ0v) is 12.4. The molecule has 0 amide bonds. The summed E-state index contributed by atoms with van der Waals surface area (Å²) in [6.45, 7) is 0. The summed E-state index contributed by atoms with van der Waals surface area (Å²) in [6.07, 6.45) is 1.42. The minimum absolute atomic E-state index is 0.321. The van der Waals surface area contributed by atoms with Crippen LogP contribution in [0, 0.1) is 28.3 Å². The molecule has 1 aromatic carbocycles. The van der Waals surface area contributed by atoms with Gasteiger partial charge in [0.1, 0.15) is 23.1 Å². The van der Waals surface area contributed by atoms with E-state index in [2.05, 4.69) is 21.1 Å². The molecular formula is C13H5FIN3S. The van der Waals surface area contributed by atoms with Gasteiger partial charge < -0.3 is 0 Å². The summed E-state index contributed by atoms with van der Waals surface area (Å²) in [4.78, 5) is 8.32. The molecule has 92 valence electrons. The summed E-state index contributed by atoms with van der Waals surface area (Å²) >= 11 is 2.04. The Labute approximate surface area is 125 Å². The van der Waals surface area contributed by atoms with Crippen LogP contribution < -0.4 is 0 Å². The predicted molar refractivity (Wildman–Crippen MR) is 80.6 cm³/mol. The number of hydrogen-bond donors (Lipinski definition) is 0. The van der Waals surface area contributed by atoms with E-state index in [1.165, 1.54) is 27.3 Å². The molecular weight excluding hydrogens is 376 g/mol. The normalized spacial score (nSPS) is 9.32. The molecule has 2 rings (SSSR count). The molecule has 0 fully saturated rings. The molecule has 0 N–H and O–H groups in total. The zero-order valence-electron chi connectivity index (χ0n) is 9.39. The molecule has 19 heavy (non-hydrogen) atoms. The summed E-state index contributed by atoms with van der Waals surface area (Å²) < 4.78 is 12.9. The molecule has 0 spiro atoms. The van der Waals surface area contributed by atoms with Crippen LogP contribution in [0.25, 0.3) is 11.4 Å². The van der Waals surface area contributed by atoms with Crippen LogP contribution >= 0.6 is 30.1 Å². The highest BCUT2D eigenvalue weighted by atomic mass is 127. The van der Waals surface area contributed by atoms with Crippen LogP contribution in [0.5, 0.6) is 0 Å². The van der Waals surface area contributed by atoms with Gasteiger partial charge in [0.2, 0.25) is 0 Å². The van der Waals surface area contributed by atoms with Gasteiger partial charge in [0, 0.05) is 26.8 Å². The molecule has 0 aliphatic carbocycles. The van der Waals surface area contributed by atoms with Gasteiger partial charge in [-0.25, -0.2) is 14.4 Å². The Morgan fingerprint density at radius 3 is 2.63 bits per heavy atom. The average molecular weight is 381 g/mol. The summed E-state index contributed by atoms with van der Waals surface area (Å²) in [5.41, 5.74) is 1.38. The molecule has 3 nitrogen and oxygen atoms in total. The van der Waals surface area contributed by atoms with E-state index >= 15 is 0 Å². The van der Waals surface area contributed by atoms with Gasteiger partial charge in [0.05, 0.1) is 6.20 Å². The van der Waals surface area contributed by atoms with Crippen LogP contribution in [0.2, 0.25) is 0 Å². The number of benzene rings is 1. The fraction of sp³-hybridized carbons (Fsp3) is 0. The lowest BCUT2D eigenvalue weighted by Gasteiger charge is -2.01. The Balaban J connectivity index is 2.49. The first-order valence-electron chi connectivity index (χ1n) is 5.06. The van der Waals surface area contributed by atoms with E-state index in [9.17, 15) is 4.39 Å². The van der Waals surface area contributed by atoms with Crippen molar-refractivity contribution in [1.29, 1.82) is 5.26 Å². The van der Waals surface area contributed by atoms with Gasteiger partial charge >= 0.3 is 0 Å². The second-order valence-electron chi connectivity index (χ2n) is 3.38. The largest absolute Gasteiger partial charge is 0.235 e. The van der Waals surface area contributed by atoms with Gasteiger partial charge in [-0.2, -0.15) is 5.26 Å². The fourth-order valence-corrected chi connectivity index (χ4v) is 1.83. The van der Waals surface area contributed by atoms with Crippen LogP contribution in [0.4, 0.5) is 4.39 Å². The molecule has 0 radical (unpaired) electrons. The smallest absolute Gasteiger partial charge is 0.160 e. The molecule has 0 aliphatic heterocycles. The van der Waals surface area contributed by atoms with Crippen molar-refractivity contribution in [2.45, 2.75) is 0 Å². The Morgan fingerprint density at radius 2 is 2.00 bits per heavy atom. The maximum absolute atomic E-state index is 12.9. The van der Waals surface area contributed by atoms with E-state index in [0.29, 0.717) is 22.6 Å². The van der Waals surface area contributed by atoms with Crippen LogP contribution in [-0.4, -0.2) is 9.97 Å². The standard InChI is InChI=1S/C13H5FIN3S/c14-11-3-1-9(2-4-11)13-17-8-10(7-16)12(18-13)5-6-19-15/h1-4,8H. The first-order chi connectivity index (χ1) is 9.24. The van der Waals surface area contributed by atoms with E-state index in [0.717, 1.165) is 0 Å². The Morgan fingerprint density at radius 1 is 1.26 bits per heavy atom. The third kappa shape index (κ3) is 3.43. The second kappa shape index (κ2) is 6.50. The quantitative estimate of drug-likeness (QED) is 0.560. The number of nitrogens with zero attached hydrogens (tertiary/aromatic N) is 3. The highest BCUT2D eigenvalue weighted by molar-refractivity contribution is 14.2. The zero-order chi connectivity index (χ0) is 13.7. The minimum atomic E-state index is -0.321. The first kappa shape index (κ1) is 13.8. The maximum atomic E-state index is 12.9. The molecule has 2 aromatic rings. The Hall–Kier alpha value is -1.64. The second-order valence-corrected chi connectivity index (χ2v) is 5.06. The summed E-state index contributed by atoms with van der Waals surface area (Å²) in [5, 5.41) is 11.7. The molecule has 1 heterocycles. The predicted octanol–water partition coefficient (Wildman–Crippen LogP) is 3.55. The third-order valence-electron chi connectivity index (χ3n) is 2.22. The topological polar surface area (TPSA) is 49.6 Å². The number of rotatable bonds is 1. The lowest BCUT2D eigenvalue weighted by molar-refractivity contribution is 0.628. The monoisotopic (exact) mass is 381 g/mol. The first-order valence-corrected chi connectivity index (χ1v) is 8.42. The van der Waals surface area contributed by atoms with Crippen LogP contribution in [-0.2, 0) is 0 Å². The Kier molecular flexibility index (Phi) is 4.72. The average Bonchev–Trinajstić information content (AvgIpc) is 2.45. The van der Waals surface area contributed by atoms with Crippen LogP contribution in [0.1, 0.15) is 11.3 Å². The number of halogens is 2. The Bertz CT molecular complexity index is 699. The molecule has 0 aliphatic rings. The third-order valence-corrected chi connectivity index (χ3v) is 3.06. The van der Waals surface area contributed by atoms with Crippen LogP contribution in [0.3, 0.4) is 0 Å². The van der Waals surface area contributed by atoms with Gasteiger partial charge in [-0.3, -0.25) is 0 Å². The number of nitriles is 1. The maximum Gasteiger partial charge on any atom is 0.160 e. The molecule has 1 aromatic heterocycles. The van der Waals surface area contributed by atoms with E-state index < -0.39 is 0 Å². The fourth-order valence-electron chi connectivity index (χ4n) is 1.36. The SMILES string of the molecule is N#Cc1cnc(-c2ccc(F)cc2)nc1C#CSI. The van der Waals surface area contributed by atoms with Crippen molar-refractivity contribution in [3.8, 4) is 28.6 Å². The van der Waals surface area contributed by atoms with Gasteiger partial charge in [0.15, 0.2) is 5.82 Å². The van der Waals surface area contributed by atoms with Gasteiger partial charge in [-0.1, -0.05) is 0 Å². The van der Waals surface area contributed by atoms with Crippen LogP contribution in [0.15, 0.2) is 30.5 Å².